The molecule has 42 heavy (non-hydrogen) atoms. The van der Waals surface area contributed by atoms with Crippen molar-refractivity contribution in [1.29, 1.82) is 0 Å². The summed E-state index contributed by atoms with van der Waals surface area (Å²) in [6.07, 6.45) is 11.3. The molecule has 4 heterocycles. The monoisotopic (exact) mass is 593 g/mol. The van der Waals surface area contributed by atoms with Gasteiger partial charge in [0.05, 0.1) is 16.6 Å². The van der Waals surface area contributed by atoms with E-state index in [9.17, 15) is 19.5 Å². The number of unbranched alkanes of at least 4 members (excludes halogenated alkanes) is 2. The second-order valence-electron chi connectivity index (χ2n) is 14.2. The Hall–Kier alpha value is -2.58. The fraction of sp³-hybridized carbons (Fsp3) is 0.618. The maximum Gasteiger partial charge on any atom is 0.247 e. The summed E-state index contributed by atoms with van der Waals surface area (Å²) in [5.41, 5.74) is 0.662. The van der Waals surface area contributed by atoms with Gasteiger partial charge in [-0.15, -0.1) is 11.8 Å². The van der Waals surface area contributed by atoms with Crippen LogP contribution in [0.4, 0.5) is 0 Å². The number of rotatable bonds is 9. The summed E-state index contributed by atoms with van der Waals surface area (Å²) in [4.78, 5) is 49.2. The molecule has 3 amide bonds. The zero-order valence-corrected chi connectivity index (χ0v) is 26.6. The molecule has 1 unspecified atom stereocenters. The lowest BCUT2D eigenvalue weighted by atomic mass is 9.77. The number of aliphatic hydroxyl groups excluding tert-OH is 1. The normalized spacial score (nSPS) is 29.5. The first-order valence-corrected chi connectivity index (χ1v) is 16.4. The zero-order chi connectivity index (χ0) is 30.3. The Morgan fingerprint density at radius 3 is 2.36 bits per heavy atom. The third-order valence-electron chi connectivity index (χ3n) is 9.21. The second kappa shape index (κ2) is 11.8. The Morgan fingerprint density at radius 2 is 1.67 bits per heavy atom. The van der Waals surface area contributed by atoms with Crippen LogP contribution in [0.15, 0.2) is 54.6 Å². The molecule has 4 aliphatic rings. The highest BCUT2D eigenvalue weighted by atomic mass is 32.2. The SMILES string of the molecule is CC(C)(C)CC(C)(C)N1CC=C[C@]23S[C@H]4C=CCN(Cc5ccccc5)C(=O)[C@H]4[C@H]2C(=O)N(CCCCCO)C3C1=O. The van der Waals surface area contributed by atoms with Crippen LogP contribution < -0.4 is 0 Å². The van der Waals surface area contributed by atoms with E-state index in [0.717, 1.165) is 18.4 Å². The van der Waals surface area contributed by atoms with Gasteiger partial charge in [0.25, 0.3) is 0 Å². The summed E-state index contributed by atoms with van der Waals surface area (Å²) < 4.78 is -0.803. The number of aliphatic hydroxyl groups is 1. The van der Waals surface area contributed by atoms with Gasteiger partial charge in [-0.1, -0.05) is 75.4 Å². The minimum Gasteiger partial charge on any atom is -0.396 e. The number of likely N-dealkylation sites (tertiary alicyclic amines) is 1. The number of benzene rings is 1. The zero-order valence-electron chi connectivity index (χ0n) is 25.8. The van der Waals surface area contributed by atoms with Crippen molar-refractivity contribution in [2.75, 3.05) is 26.2 Å². The van der Waals surface area contributed by atoms with Crippen LogP contribution in [0.2, 0.25) is 0 Å². The van der Waals surface area contributed by atoms with Gasteiger partial charge < -0.3 is 19.8 Å². The van der Waals surface area contributed by atoms with Gasteiger partial charge in [-0.05, 0) is 50.5 Å². The van der Waals surface area contributed by atoms with Gasteiger partial charge in [0, 0.05) is 43.6 Å². The molecule has 0 bridgehead atoms. The first-order valence-electron chi connectivity index (χ1n) is 15.5. The number of carbonyl (C=O) groups excluding carboxylic acids is 3. The van der Waals surface area contributed by atoms with Crippen LogP contribution >= 0.6 is 11.8 Å². The van der Waals surface area contributed by atoms with E-state index in [1.807, 2.05) is 40.1 Å². The minimum atomic E-state index is -0.803. The van der Waals surface area contributed by atoms with E-state index in [0.29, 0.717) is 39.0 Å². The Balaban J connectivity index is 1.52. The summed E-state index contributed by atoms with van der Waals surface area (Å²) in [6, 6.07) is 9.31. The standard InChI is InChI=1S/C34H47N3O4S/c1-32(2,3)23-33(4,5)37-20-13-17-34-27(30(40)36(28(34)31(37)41)19-10-7-11-21-38)26-25(42-34)16-12-18-35(29(26)39)22-24-14-8-6-9-15-24/h6,8-9,12-17,25-28,38H,7,10-11,18-23H2,1-5H3/t25-,26+,27-,28?,34-/m0/s1. The van der Waals surface area contributed by atoms with Crippen molar-refractivity contribution in [2.24, 2.45) is 17.3 Å². The molecule has 1 aromatic rings. The van der Waals surface area contributed by atoms with E-state index in [-0.39, 0.29) is 35.0 Å². The summed E-state index contributed by atoms with van der Waals surface area (Å²) >= 11 is 1.64. The molecule has 0 aliphatic carbocycles. The number of hydrogen-bond donors (Lipinski definition) is 1. The Bertz CT molecular complexity index is 1240. The molecule has 0 saturated carbocycles. The number of fused-ring (bicyclic) bond motifs is 2. The molecule has 4 aliphatic heterocycles. The fourth-order valence-corrected chi connectivity index (χ4v) is 9.89. The quantitative estimate of drug-likeness (QED) is 0.333. The van der Waals surface area contributed by atoms with Crippen LogP contribution in [-0.2, 0) is 20.9 Å². The number of carbonyl (C=O) groups is 3. The molecule has 1 aromatic carbocycles. The lowest BCUT2D eigenvalue weighted by Crippen LogP contribution is -2.58. The highest BCUT2D eigenvalue weighted by Gasteiger charge is 2.71. The number of thioether (sulfide) groups is 1. The predicted octanol–water partition coefficient (Wildman–Crippen LogP) is 4.66. The van der Waals surface area contributed by atoms with Crippen LogP contribution in [0.5, 0.6) is 0 Å². The summed E-state index contributed by atoms with van der Waals surface area (Å²) in [7, 11) is 0. The molecule has 0 aromatic heterocycles. The molecule has 1 spiro atoms. The maximum atomic E-state index is 14.7. The predicted molar refractivity (Wildman–Crippen MR) is 168 cm³/mol. The maximum absolute atomic E-state index is 14.7. The van der Waals surface area contributed by atoms with Crippen molar-refractivity contribution in [3.8, 4) is 0 Å². The molecule has 0 radical (unpaired) electrons. The first-order chi connectivity index (χ1) is 19.9. The van der Waals surface area contributed by atoms with Gasteiger partial charge in [-0.3, -0.25) is 14.4 Å². The van der Waals surface area contributed by atoms with Crippen molar-refractivity contribution < 1.29 is 19.5 Å². The van der Waals surface area contributed by atoms with Crippen molar-refractivity contribution in [1.82, 2.24) is 14.7 Å². The van der Waals surface area contributed by atoms with Crippen molar-refractivity contribution >= 4 is 29.5 Å². The molecule has 5 rings (SSSR count). The van der Waals surface area contributed by atoms with E-state index in [2.05, 4.69) is 58.9 Å². The minimum absolute atomic E-state index is 0.00697. The lowest BCUT2D eigenvalue weighted by molar-refractivity contribution is -0.147. The Morgan fingerprint density at radius 1 is 0.929 bits per heavy atom. The summed E-state index contributed by atoms with van der Waals surface area (Å²) in [6.45, 7) is 12.9. The molecule has 1 N–H and O–H groups in total. The van der Waals surface area contributed by atoms with Gasteiger partial charge >= 0.3 is 0 Å². The number of amides is 3. The van der Waals surface area contributed by atoms with Gasteiger partial charge in [0.15, 0.2) is 0 Å². The highest BCUT2D eigenvalue weighted by Crippen LogP contribution is 2.61. The highest BCUT2D eigenvalue weighted by molar-refractivity contribution is 8.02. The average molecular weight is 594 g/mol. The molecule has 8 heteroatoms. The van der Waals surface area contributed by atoms with Gasteiger partial charge in [0.1, 0.15) is 6.04 Å². The molecule has 7 nitrogen and oxygen atoms in total. The van der Waals surface area contributed by atoms with E-state index in [4.69, 9.17) is 0 Å². The Labute approximate surface area is 255 Å². The molecular weight excluding hydrogens is 546 g/mol. The number of hydrogen-bond acceptors (Lipinski definition) is 5. The largest absolute Gasteiger partial charge is 0.396 e. The molecule has 5 atom stereocenters. The van der Waals surface area contributed by atoms with Crippen molar-refractivity contribution in [2.45, 2.75) is 88.4 Å². The van der Waals surface area contributed by atoms with Gasteiger partial charge in [0.2, 0.25) is 17.7 Å². The summed E-state index contributed by atoms with van der Waals surface area (Å²) in [5.74, 6) is -1.24. The lowest BCUT2D eigenvalue weighted by Gasteiger charge is -2.44. The van der Waals surface area contributed by atoms with Crippen LogP contribution in [0.25, 0.3) is 0 Å². The molecular formula is C34H47N3O4S. The van der Waals surface area contributed by atoms with Crippen LogP contribution in [-0.4, -0.2) is 85.3 Å². The molecule has 228 valence electrons. The van der Waals surface area contributed by atoms with Crippen molar-refractivity contribution in [3.05, 3.63) is 60.2 Å². The third kappa shape index (κ3) is 5.69. The van der Waals surface area contributed by atoms with Crippen LogP contribution in [0.3, 0.4) is 0 Å². The van der Waals surface area contributed by atoms with E-state index in [1.54, 1.807) is 16.7 Å². The first kappa shape index (κ1) is 30.9. The average Bonchev–Trinajstić information content (AvgIpc) is 3.22. The number of nitrogens with zero attached hydrogens (tertiary/aromatic N) is 3. The fourth-order valence-electron chi connectivity index (χ4n) is 7.88. The van der Waals surface area contributed by atoms with Crippen LogP contribution in [0, 0.1) is 17.3 Å². The third-order valence-corrected chi connectivity index (χ3v) is 11.0. The van der Waals surface area contributed by atoms with Gasteiger partial charge in [-0.2, -0.15) is 0 Å². The second-order valence-corrected chi connectivity index (χ2v) is 15.7. The topological polar surface area (TPSA) is 81.2 Å². The summed E-state index contributed by atoms with van der Waals surface area (Å²) in [5, 5.41) is 9.17. The van der Waals surface area contributed by atoms with E-state index >= 15 is 0 Å². The smallest absolute Gasteiger partial charge is 0.247 e. The molecule has 2 fully saturated rings. The van der Waals surface area contributed by atoms with Crippen LogP contribution in [0.1, 0.15) is 65.9 Å². The Kier molecular flexibility index (Phi) is 8.70. The van der Waals surface area contributed by atoms with E-state index in [1.165, 1.54) is 0 Å². The molecule has 2 saturated heterocycles. The van der Waals surface area contributed by atoms with E-state index < -0.39 is 28.2 Å². The van der Waals surface area contributed by atoms with Crippen molar-refractivity contribution in [3.63, 3.8) is 0 Å². The van der Waals surface area contributed by atoms with Gasteiger partial charge in [-0.25, -0.2) is 0 Å².